The molecule has 0 aromatic carbocycles. The molecule has 22 heavy (non-hydrogen) atoms. The van der Waals surface area contributed by atoms with Gasteiger partial charge < -0.3 is 19.7 Å². The predicted molar refractivity (Wildman–Crippen MR) is 82.3 cm³/mol. The number of amides is 2. The number of hydrogen-bond donors (Lipinski definition) is 2. The van der Waals surface area contributed by atoms with E-state index in [0.717, 1.165) is 6.42 Å². The fraction of sp³-hybridized carbons (Fsp3) is 0.375. The summed E-state index contributed by atoms with van der Waals surface area (Å²) in [6.45, 7) is 2.99. The van der Waals surface area contributed by atoms with Gasteiger partial charge in [0.15, 0.2) is 5.76 Å². The van der Waals surface area contributed by atoms with Gasteiger partial charge >= 0.3 is 6.03 Å². The Morgan fingerprint density at radius 2 is 2.36 bits per heavy atom. The lowest BCUT2D eigenvalue weighted by atomic mass is 10.0. The van der Waals surface area contributed by atoms with Crippen LogP contribution in [0.1, 0.15) is 13.3 Å². The van der Waals surface area contributed by atoms with Crippen LogP contribution in [0.4, 0.5) is 10.5 Å². The molecule has 2 atom stereocenters. The number of urea groups is 1. The first-order chi connectivity index (χ1) is 10.6. The maximum Gasteiger partial charge on any atom is 0.321 e. The topological polar surface area (TPSA) is 78.6 Å². The Kier molecular flexibility index (Phi) is 4.11. The summed E-state index contributed by atoms with van der Waals surface area (Å²) in [7, 11) is 0. The van der Waals surface area contributed by atoms with E-state index in [1.54, 1.807) is 48.5 Å². The zero-order chi connectivity index (χ0) is 15.5. The maximum atomic E-state index is 12.4. The van der Waals surface area contributed by atoms with Crippen LogP contribution in [-0.4, -0.2) is 40.2 Å². The number of likely N-dealkylation sites (tertiary alicyclic amines) is 1. The van der Waals surface area contributed by atoms with Crippen LogP contribution in [-0.2, 0) is 0 Å². The van der Waals surface area contributed by atoms with Crippen molar-refractivity contribution in [2.75, 3.05) is 18.4 Å². The van der Waals surface area contributed by atoms with Crippen molar-refractivity contribution in [2.45, 2.75) is 19.4 Å². The van der Waals surface area contributed by atoms with Gasteiger partial charge in [-0.3, -0.25) is 4.98 Å². The number of anilines is 1. The highest BCUT2D eigenvalue weighted by atomic mass is 16.3. The second kappa shape index (κ2) is 6.19. The number of aliphatic hydroxyl groups is 1. The number of nitrogens with zero attached hydrogens (tertiary/aromatic N) is 2. The van der Waals surface area contributed by atoms with Gasteiger partial charge in [0.05, 0.1) is 18.1 Å². The van der Waals surface area contributed by atoms with E-state index in [4.69, 9.17) is 4.42 Å². The zero-order valence-electron chi connectivity index (χ0n) is 12.4. The molecule has 0 spiro atoms. The van der Waals surface area contributed by atoms with Gasteiger partial charge in [-0.25, -0.2) is 4.79 Å². The second-order valence-corrected chi connectivity index (χ2v) is 5.54. The van der Waals surface area contributed by atoms with E-state index in [2.05, 4.69) is 10.3 Å². The molecule has 0 saturated carbocycles. The van der Waals surface area contributed by atoms with E-state index in [0.29, 0.717) is 30.2 Å². The van der Waals surface area contributed by atoms with E-state index in [-0.39, 0.29) is 11.9 Å². The second-order valence-electron chi connectivity index (χ2n) is 5.54. The van der Waals surface area contributed by atoms with Crippen molar-refractivity contribution in [1.82, 2.24) is 9.88 Å². The first kappa shape index (κ1) is 14.6. The molecule has 0 bridgehead atoms. The van der Waals surface area contributed by atoms with Crippen molar-refractivity contribution in [3.8, 4) is 11.5 Å². The lowest BCUT2D eigenvalue weighted by molar-refractivity contribution is 0.130. The van der Waals surface area contributed by atoms with Crippen LogP contribution in [0.15, 0.2) is 41.1 Å². The Hall–Kier alpha value is -2.34. The van der Waals surface area contributed by atoms with Crippen LogP contribution in [0, 0.1) is 5.92 Å². The van der Waals surface area contributed by atoms with Gasteiger partial charge in [0.25, 0.3) is 0 Å². The molecule has 2 N–H and O–H groups in total. The summed E-state index contributed by atoms with van der Waals surface area (Å²) in [5.41, 5.74) is 1.22. The summed E-state index contributed by atoms with van der Waals surface area (Å²) >= 11 is 0. The van der Waals surface area contributed by atoms with E-state index in [1.807, 2.05) is 0 Å². The molecular weight excluding hydrogens is 282 g/mol. The third-order valence-corrected chi connectivity index (χ3v) is 4.00. The zero-order valence-corrected chi connectivity index (χ0v) is 12.4. The third kappa shape index (κ3) is 2.96. The molecule has 0 radical (unpaired) electrons. The molecule has 1 aliphatic rings. The fourth-order valence-electron chi connectivity index (χ4n) is 2.68. The van der Waals surface area contributed by atoms with Crippen LogP contribution in [0.25, 0.3) is 11.5 Å². The molecule has 2 aromatic heterocycles. The lowest BCUT2D eigenvalue weighted by Crippen LogP contribution is -2.34. The molecule has 2 amide bonds. The van der Waals surface area contributed by atoms with Crippen LogP contribution in [0.2, 0.25) is 0 Å². The Morgan fingerprint density at radius 1 is 1.50 bits per heavy atom. The maximum absolute atomic E-state index is 12.4. The Bertz CT molecular complexity index is 640. The van der Waals surface area contributed by atoms with Gasteiger partial charge in [-0.2, -0.15) is 0 Å². The molecule has 0 unspecified atom stereocenters. The Morgan fingerprint density at radius 3 is 3.05 bits per heavy atom. The van der Waals surface area contributed by atoms with Gasteiger partial charge in [-0.15, -0.1) is 0 Å². The first-order valence-corrected chi connectivity index (χ1v) is 7.38. The molecule has 1 fully saturated rings. The number of carbonyl (C=O) groups excluding carboxylic acids is 1. The first-order valence-electron chi connectivity index (χ1n) is 7.38. The minimum atomic E-state index is -0.394. The standard InChI is InChI=1S/C16H19N3O3/c1-11(20)12-6-8-19(10-12)16(21)18-13-4-2-7-17-15(13)14-5-3-9-22-14/h2-5,7,9,11-12,20H,6,8,10H2,1H3,(H,18,21)/t11-,12+/m0/s1. The summed E-state index contributed by atoms with van der Waals surface area (Å²) in [6.07, 6.45) is 3.66. The highest BCUT2D eigenvalue weighted by molar-refractivity contribution is 5.93. The van der Waals surface area contributed by atoms with Crippen molar-refractivity contribution in [2.24, 2.45) is 5.92 Å². The minimum Gasteiger partial charge on any atom is -0.463 e. The van der Waals surface area contributed by atoms with Crippen molar-refractivity contribution in [3.63, 3.8) is 0 Å². The number of carbonyl (C=O) groups is 1. The smallest absolute Gasteiger partial charge is 0.321 e. The number of pyridine rings is 1. The summed E-state index contributed by atoms with van der Waals surface area (Å²) in [6, 6.07) is 6.97. The van der Waals surface area contributed by atoms with E-state index in [9.17, 15) is 9.90 Å². The monoisotopic (exact) mass is 301 g/mol. The van der Waals surface area contributed by atoms with Crippen molar-refractivity contribution < 1.29 is 14.3 Å². The van der Waals surface area contributed by atoms with Crippen LogP contribution in [0.5, 0.6) is 0 Å². The SMILES string of the molecule is C[C@H](O)[C@@H]1CCN(C(=O)Nc2cccnc2-c2ccco2)C1. The number of aromatic nitrogens is 1. The number of rotatable bonds is 3. The number of hydrogen-bond acceptors (Lipinski definition) is 4. The quantitative estimate of drug-likeness (QED) is 0.913. The molecule has 2 aromatic rings. The number of nitrogens with one attached hydrogen (secondary N) is 1. The largest absolute Gasteiger partial charge is 0.463 e. The van der Waals surface area contributed by atoms with Gasteiger partial charge in [-0.1, -0.05) is 0 Å². The highest BCUT2D eigenvalue weighted by Crippen LogP contribution is 2.27. The van der Waals surface area contributed by atoms with Crippen LogP contribution in [0.3, 0.4) is 0 Å². The molecule has 1 aliphatic heterocycles. The third-order valence-electron chi connectivity index (χ3n) is 4.00. The number of furan rings is 1. The van der Waals surface area contributed by atoms with Crippen LogP contribution >= 0.6 is 0 Å². The molecular formula is C16H19N3O3. The normalized spacial score (nSPS) is 19.2. The van der Waals surface area contributed by atoms with Crippen molar-refractivity contribution >= 4 is 11.7 Å². The number of aliphatic hydroxyl groups excluding tert-OH is 1. The molecule has 3 heterocycles. The van der Waals surface area contributed by atoms with E-state index >= 15 is 0 Å². The summed E-state index contributed by atoms with van der Waals surface area (Å²) in [4.78, 5) is 18.4. The summed E-state index contributed by atoms with van der Waals surface area (Å²) in [5, 5.41) is 12.5. The van der Waals surface area contributed by atoms with E-state index in [1.165, 1.54) is 0 Å². The fourth-order valence-corrected chi connectivity index (χ4v) is 2.68. The van der Waals surface area contributed by atoms with Gasteiger partial charge in [0.1, 0.15) is 5.69 Å². The highest BCUT2D eigenvalue weighted by Gasteiger charge is 2.29. The van der Waals surface area contributed by atoms with Gasteiger partial charge in [0, 0.05) is 25.2 Å². The van der Waals surface area contributed by atoms with Gasteiger partial charge in [0.2, 0.25) is 0 Å². The molecule has 1 saturated heterocycles. The molecule has 0 aliphatic carbocycles. The molecule has 3 rings (SSSR count). The lowest BCUT2D eigenvalue weighted by Gasteiger charge is -2.19. The summed E-state index contributed by atoms with van der Waals surface area (Å²) < 4.78 is 5.36. The molecule has 116 valence electrons. The predicted octanol–water partition coefficient (Wildman–Crippen LogP) is 2.58. The average molecular weight is 301 g/mol. The Labute approximate surface area is 128 Å². The van der Waals surface area contributed by atoms with Crippen molar-refractivity contribution in [3.05, 3.63) is 36.7 Å². The van der Waals surface area contributed by atoms with Crippen LogP contribution < -0.4 is 5.32 Å². The van der Waals surface area contributed by atoms with E-state index < -0.39 is 6.10 Å². The molecule has 6 nitrogen and oxygen atoms in total. The van der Waals surface area contributed by atoms with Gasteiger partial charge in [-0.05, 0) is 37.6 Å². The van der Waals surface area contributed by atoms with Crippen molar-refractivity contribution in [1.29, 1.82) is 0 Å². The minimum absolute atomic E-state index is 0.143. The Balaban J connectivity index is 1.73. The average Bonchev–Trinajstić information content (AvgIpc) is 3.19. The molecule has 6 heteroatoms. The summed E-state index contributed by atoms with van der Waals surface area (Å²) in [5.74, 6) is 0.753.